The zero-order chi connectivity index (χ0) is 22.7. The molecule has 0 spiro atoms. The molecule has 0 saturated heterocycles. The fourth-order valence-corrected chi connectivity index (χ4v) is 4.33. The number of aromatic nitrogens is 3. The quantitative estimate of drug-likeness (QED) is 0.651. The fraction of sp³-hybridized carbons (Fsp3) is 0.333. The molecular weight excluding hydrogens is 407 g/mol. The molecule has 1 fully saturated rings. The van der Waals surface area contributed by atoms with Gasteiger partial charge in [-0.15, -0.1) is 0 Å². The van der Waals surface area contributed by atoms with Crippen LogP contribution in [0.15, 0.2) is 48.9 Å². The SMILES string of the molecule is CC(=O)N(c1ccc(-c2cnn(C)c2)c(F)c1)C1CCC(Nc2ccc(C#N)cn2)CC1. The second-order valence-corrected chi connectivity index (χ2v) is 8.15. The molecule has 0 radical (unpaired) electrons. The van der Waals surface area contributed by atoms with Crippen molar-refractivity contribution in [2.24, 2.45) is 7.05 Å². The monoisotopic (exact) mass is 432 g/mol. The van der Waals surface area contributed by atoms with E-state index in [0.29, 0.717) is 22.4 Å². The van der Waals surface area contributed by atoms with Gasteiger partial charge in [0.1, 0.15) is 17.7 Å². The third kappa shape index (κ3) is 4.62. The third-order valence-electron chi connectivity index (χ3n) is 5.89. The van der Waals surface area contributed by atoms with Gasteiger partial charge in [0.15, 0.2) is 0 Å². The number of halogens is 1. The van der Waals surface area contributed by atoms with Crippen LogP contribution in [0.1, 0.15) is 38.2 Å². The summed E-state index contributed by atoms with van der Waals surface area (Å²) in [4.78, 5) is 18.5. The Morgan fingerprint density at radius 1 is 1.22 bits per heavy atom. The molecule has 4 rings (SSSR count). The average Bonchev–Trinajstić information content (AvgIpc) is 3.21. The van der Waals surface area contributed by atoms with E-state index in [0.717, 1.165) is 31.5 Å². The molecule has 8 heteroatoms. The lowest BCUT2D eigenvalue weighted by Gasteiger charge is -2.37. The highest BCUT2D eigenvalue weighted by Gasteiger charge is 2.29. The first kappa shape index (κ1) is 21.5. The maximum atomic E-state index is 14.9. The fourth-order valence-electron chi connectivity index (χ4n) is 4.33. The predicted molar refractivity (Wildman–Crippen MR) is 120 cm³/mol. The van der Waals surface area contributed by atoms with E-state index in [1.807, 2.05) is 0 Å². The Kier molecular flexibility index (Phi) is 6.17. The number of aryl methyl sites for hydroxylation is 1. The topological polar surface area (TPSA) is 86.8 Å². The van der Waals surface area contributed by atoms with E-state index >= 15 is 0 Å². The highest BCUT2D eigenvalue weighted by Crippen LogP contribution is 2.32. The van der Waals surface area contributed by atoms with E-state index in [1.165, 1.54) is 13.0 Å². The van der Waals surface area contributed by atoms with Crippen molar-refractivity contribution in [2.45, 2.75) is 44.7 Å². The van der Waals surface area contributed by atoms with E-state index in [9.17, 15) is 9.18 Å². The number of anilines is 2. The van der Waals surface area contributed by atoms with E-state index < -0.39 is 0 Å². The standard InChI is InChI=1S/C24H25FN6O/c1-16(32)31(21-8-9-22(23(25)11-21)18-14-28-30(2)15-18)20-6-4-19(5-7-20)29-24-10-3-17(12-26)13-27-24/h3,8-11,13-15,19-20H,4-7H2,1-2H3,(H,27,29). The van der Waals surface area contributed by atoms with E-state index in [-0.39, 0.29) is 23.8 Å². The van der Waals surface area contributed by atoms with Gasteiger partial charge in [-0.05, 0) is 56.0 Å². The van der Waals surface area contributed by atoms with Crippen LogP contribution in [0.25, 0.3) is 11.1 Å². The smallest absolute Gasteiger partial charge is 0.224 e. The van der Waals surface area contributed by atoms with Gasteiger partial charge in [-0.25, -0.2) is 9.37 Å². The van der Waals surface area contributed by atoms with Crippen LogP contribution >= 0.6 is 0 Å². The zero-order valence-electron chi connectivity index (χ0n) is 18.1. The molecule has 1 amide bonds. The predicted octanol–water partition coefficient (Wildman–Crippen LogP) is 4.27. The minimum Gasteiger partial charge on any atom is -0.367 e. The Morgan fingerprint density at radius 2 is 2.00 bits per heavy atom. The lowest BCUT2D eigenvalue weighted by molar-refractivity contribution is -0.117. The summed E-state index contributed by atoms with van der Waals surface area (Å²) in [6.07, 6.45) is 8.28. The van der Waals surface area contributed by atoms with Gasteiger partial charge in [0.2, 0.25) is 5.91 Å². The molecule has 2 aromatic heterocycles. The highest BCUT2D eigenvalue weighted by molar-refractivity contribution is 5.92. The molecule has 0 atom stereocenters. The minimum atomic E-state index is -0.371. The molecule has 3 aromatic rings. The molecule has 1 aromatic carbocycles. The van der Waals surface area contributed by atoms with E-state index in [4.69, 9.17) is 5.26 Å². The number of amides is 1. The lowest BCUT2D eigenvalue weighted by atomic mass is 9.89. The van der Waals surface area contributed by atoms with Gasteiger partial charge in [0, 0.05) is 55.3 Å². The number of hydrogen-bond donors (Lipinski definition) is 1. The van der Waals surface area contributed by atoms with Crippen LogP contribution in [-0.2, 0) is 11.8 Å². The van der Waals surface area contributed by atoms with Crippen LogP contribution in [0.3, 0.4) is 0 Å². The first-order valence-corrected chi connectivity index (χ1v) is 10.7. The van der Waals surface area contributed by atoms with E-state index in [1.54, 1.807) is 59.5 Å². The van der Waals surface area contributed by atoms with Crippen LogP contribution in [0, 0.1) is 17.1 Å². The van der Waals surface area contributed by atoms with Crippen LogP contribution in [0.5, 0.6) is 0 Å². The van der Waals surface area contributed by atoms with E-state index in [2.05, 4.69) is 21.5 Å². The van der Waals surface area contributed by atoms with Crippen LogP contribution in [0.4, 0.5) is 15.9 Å². The molecule has 164 valence electrons. The number of carbonyl (C=O) groups excluding carboxylic acids is 1. The summed E-state index contributed by atoms with van der Waals surface area (Å²) in [6, 6.07) is 10.8. The van der Waals surface area contributed by atoms with Gasteiger partial charge in [-0.1, -0.05) is 0 Å². The molecule has 1 N–H and O–H groups in total. The molecule has 1 saturated carbocycles. The van der Waals surface area contributed by atoms with Crippen molar-refractivity contribution in [1.82, 2.24) is 14.8 Å². The number of hydrogen-bond acceptors (Lipinski definition) is 5. The second kappa shape index (κ2) is 9.18. The molecule has 0 bridgehead atoms. The molecule has 2 heterocycles. The first-order valence-electron chi connectivity index (χ1n) is 10.7. The zero-order valence-corrected chi connectivity index (χ0v) is 18.1. The summed E-state index contributed by atoms with van der Waals surface area (Å²) in [5.41, 5.74) is 2.27. The largest absolute Gasteiger partial charge is 0.367 e. The molecule has 7 nitrogen and oxygen atoms in total. The number of nitrogens with one attached hydrogen (secondary N) is 1. The van der Waals surface area contributed by atoms with Crippen molar-refractivity contribution >= 4 is 17.4 Å². The number of nitriles is 1. The van der Waals surface area contributed by atoms with Crippen molar-refractivity contribution in [1.29, 1.82) is 5.26 Å². The Morgan fingerprint density at radius 3 is 2.56 bits per heavy atom. The van der Waals surface area contributed by atoms with Gasteiger partial charge in [0.25, 0.3) is 0 Å². The van der Waals surface area contributed by atoms with Gasteiger partial charge >= 0.3 is 0 Å². The average molecular weight is 433 g/mol. The summed E-state index contributed by atoms with van der Waals surface area (Å²) in [7, 11) is 1.79. The molecule has 0 aliphatic heterocycles. The number of nitrogens with zero attached hydrogens (tertiary/aromatic N) is 5. The molecule has 1 aliphatic carbocycles. The summed E-state index contributed by atoms with van der Waals surface area (Å²) < 4.78 is 16.5. The number of benzene rings is 1. The third-order valence-corrected chi connectivity index (χ3v) is 5.89. The van der Waals surface area contributed by atoms with Crippen LogP contribution < -0.4 is 10.2 Å². The van der Waals surface area contributed by atoms with Gasteiger partial charge in [-0.3, -0.25) is 9.48 Å². The Balaban J connectivity index is 1.44. The molecule has 32 heavy (non-hydrogen) atoms. The Hall–Kier alpha value is -3.73. The first-order chi connectivity index (χ1) is 15.4. The highest BCUT2D eigenvalue weighted by atomic mass is 19.1. The van der Waals surface area contributed by atoms with Gasteiger partial charge in [-0.2, -0.15) is 10.4 Å². The normalized spacial score (nSPS) is 18.1. The maximum Gasteiger partial charge on any atom is 0.224 e. The van der Waals surface area contributed by atoms with Crippen LogP contribution in [-0.4, -0.2) is 32.8 Å². The van der Waals surface area contributed by atoms with Crippen molar-refractivity contribution < 1.29 is 9.18 Å². The summed E-state index contributed by atoms with van der Waals surface area (Å²) >= 11 is 0. The summed E-state index contributed by atoms with van der Waals surface area (Å²) in [5.74, 6) is 0.275. The van der Waals surface area contributed by atoms with Crippen LogP contribution in [0.2, 0.25) is 0 Å². The number of carbonyl (C=O) groups is 1. The van der Waals surface area contributed by atoms with Gasteiger partial charge < -0.3 is 10.2 Å². The number of rotatable bonds is 5. The summed E-state index contributed by atoms with van der Waals surface area (Å²) in [6.45, 7) is 1.53. The lowest BCUT2D eigenvalue weighted by Crippen LogP contribution is -2.43. The van der Waals surface area contributed by atoms with Crippen molar-refractivity contribution in [3.63, 3.8) is 0 Å². The molecular formula is C24H25FN6O. The Labute approximate surface area is 186 Å². The van der Waals surface area contributed by atoms with Crippen molar-refractivity contribution in [3.05, 3.63) is 60.3 Å². The van der Waals surface area contributed by atoms with Crippen molar-refractivity contribution in [2.75, 3.05) is 10.2 Å². The van der Waals surface area contributed by atoms with Gasteiger partial charge in [0.05, 0.1) is 11.8 Å². The second-order valence-electron chi connectivity index (χ2n) is 8.15. The van der Waals surface area contributed by atoms with Crippen molar-refractivity contribution in [3.8, 4) is 17.2 Å². The minimum absolute atomic E-state index is 0.0168. The molecule has 0 unspecified atom stereocenters. The number of pyridine rings is 1. The summed E-state index contributed by atoms with van der Waals surface area (Å²) in [5, 5.41) is 16.4. The Bertz CT molecular complexity index is 1140. The molecule has 1 aliphatic rings. The maximum absolute atomic E-state index is 14.9.